The summed E-state index contributed by atoms with van der Waals surface area (Å²) in [4.78, 5) is 11.8. The van der Waals surface area contributed by atoms with E-state index in [0.717, 1.165) is 22.9 Å². The number of hydrogen-bond donors (Lipinski definition) is 1. The highest BCUT2D eigenvalue weighted by Crippen LogP contribution is 2.27. The van der Waals surface area contributed by atoms with Crippen LogP contribution in [-0.2, 0) is 9.53 Å². The largest absolute Gasteiger partial charge is 0.462 e. The van der Waals surface area contributed by atoms with Crippen LogP contribution in [0.1, 0.15) is 31.6 Å². The summed E-state index contributed by atoms with van der Waals surface area (Å²) in [5.41, 5.74) is 0.979. The fourth-order valence-corrected chi connectivity index (χ4v) is 2.12. The molecule has 5 nitrogen and oxygen atoms in total. The molecule has 23 heavy (non-hydrogen) atoms. The second-order valence-electron chi connectivity index (χ2n) is 5.04. The van der Waals surface area contributed by atoms with Crippen LogP contribution in [0.25, 0.3) is 11.3 Å². The van der Waals surface area contributed by atoms with Crippen LogP contribution in [0.5, 0.6) is 0 Å². The molecule has 6 heteroatoms. The topological polar surface area (TPSA) is 72.6 Å². The molecule has 0 saturated heterocycles. The normalized spacial score (nSPS) is 12.0. The van der Waals surface area contributed by atoms with Crippen molar-refractivity contribution in [2.45, 2.75) is 25.9 Å². The van der Waals surface area contributed by atoms with Gasteiger partial charge in [0.25, 0.3) is 0 Å². The Balaban J connectivity index is 2.05. The number of unbranched alkanes of at least 4 members (excludes halogenated alkanes) is 1. The molecule has 1 atom stereocenters. The minimum absolute atomic E-state index is 0.0586. The highest BCUT2D eigenvalue weighted by Gasteiger charge is 2.23. The van der Waals surface area contributed by atoms with Gasteiger partial charge in [-0.05, 0) is 18.6 Å². The summed E-state index contributed by atoms with van der Waals surface area (Å²) in [6.45, 7) is 5.90. The van der Waals surface area contributed by atoms with Crippen LogP contribution in [0.2, 0.25) is 0 Å². The number of nitrogens with zero attached hydrogens (tertiary/aromatic N) is 1. The molecule has 0 fully saturated rings. The van der Waals surface area contributed by atoms with Crippen molar-refractivity contribution in [3.8, 4) is 11.3 Å². The molecule has 1 unspecified atom stereocenters. The Morgan fingerprint density at radius 2 is 2.13 bits per heavy atom. The summed E-state index contributed by atoms with van der Waals surface area (Å²) >= 11 is 3.36. The van der Waals surface area contributed by atoms with Crippen molar-refractivity contribution in [1.82, 2.24) is 5.16 Å². The van der Waals surface area contributed by atoms with Crippen LogP contribution < -0.4 is 0 Å². The first-order valence-corrected chi connectivity index (χ1v) is 8.08. The number of rotatable bonds is 7. The Hall–Kier alpha value is -1.92. The molecule has 0 radical (unpaired) electrons. The number of aromatic nitrogens is 1. The molecule has 122 valence electrons. The van der Waals surface area contributed by atoms with E-state index in [1.54, 1.807) is 6.07 Å². The van der Waals surface area contributed by atoms with E-state index in [1.807, 2.05) is 31.2 Å². The molecule has 0 aliphatic heterocycles. The zero-order valence-corrected chi connectivity index (χ0v) is 14.4. The lowest BCUT2D eigenvalue weighted by Gasteiger charge is -2.10. The maximum atomic E-state index is 11.8. The molecule has 2 rings (SSSR count). The van der Waals surface area contributed by atoms with E-state index < -0.39 is 12.1 Å². The van der Waals surface area contributed by atoms with Gasteiger partial charge in [-0.2, -0.15) is 0 Å². The van der Waals surface area contributed by atoms with Crippen LogP contribution >= 0.6 is 15.9 Å². The first kappa shape index (κ1) is 17.4. The minimum Gasteiger partial charge on any atom is -0.462 e. The molecular formula is C17H18BrNO4. The van der Waals surface area contributed by atoms with Crippen LogP contribution in [-0.4, -0.2) is 22.8 Å². The number of aliphatic hydroxyl groups excluding tert-OH is 1. The van der Waals surface area contributed by atoms with Crippen molar-refractivity contribution in [2.24, 2.45) is 0 Å². The van der Waals surface area contributed by atoms with E-state index >= 15 is 0 Å². The predicted octanol–water partition coefficient (Wildman–Crippen LogP) is 4.04. The molecule has 1 aromatic carbocycles. The smallest absolute Gasteiger partial charge is 0.336 e. The van der Waals surface area contributed by atoms with Crippen molar-refractivity contribution in [1.29, 1.82) is 0 Å². The molecule has 1 heterocycles. The van der Waals surface area contributed by atoms with Gasteiger partial charge in [-0.25, -0.2) is 4.79 Å². The molecule has 0 saturated carbocycles. The number of ether oxygens (including phenoxy) is 1. The second kappa shape index (κ2) is 8.08. The zero-order chi connectivity index (χ0) is 16.8. The Kier molecular flexibility index (Phi) is 6.12. The lowest BCUT2D eigenvalue weighted by molar-refractivity contribution is -0.140. The monoisotopic (exact) mass is 379 g/mol. The molecule has 1 aromatic heterocycles. The number of halogens is 1. The zero-order valence-electron chi connectivity index (χ0n) is 12.8. The Morgan fingerprint density at radius 3 is 2.78 bits per heavy atom. The summed E-state index contributed by atoms with van der Waals surface area (Å²) in [5.74, 6) is -0.127. The molecule has 0 aliphatic carbocycles. The van der Waals surface area contributed by atoms with E-state index in [-0.39, 0.29) is 11.3 Å². The van der Waals surface area contributed by atoms with Gasteiger partial charge < -0.3 is 14.4 Å². The Labute approximate surface area is 143 Å². The Bertz CT molecular complexity index is 678. The average Bonchev–Trinajstić information content (AvgIpc) is 3.04. The van der Waals surface area contributed by atoms with Crippen molar-refractivity contribution in [3.63, 3.8) is 0 Å². The van der Waals surface area contributed by atoms with Gasteiger partial charge in [-0.15, -0.1) is 0 Å². The third-order valence-electron chi connectivity index (χ3n) is 3.26. The van der Waals surface area contributed by atoms with Crippen LogP contribution in [0.3, 0.4) is 0 Å². The third kappa shape index (κ3) is 4.53. The van der Waals surface area contributed by atoms with Gasteiger partial charge in [0.2, 0.25) is 0 Å². The summed E-state index contributed by atoms with van der Waals surface area (Å²) in [6.07, 6.45) is 0.437. The second-order valence-corrected chi connectivity index (χ2v) is 5.96. The number of benzene rings is 1. The van der Waals surface area contributed by atoms with Gasteiger partial charge in [-0.1, -0.05) is 53.1 Å². The SMILES string of the molecule is C=C(C(=O)OCCCC)C(O)c1cc(-c2ccc(Br)cc2)on1. The van der Waals surface area contributed by atoms with Crippen LogP contribution in [0, 0.1) is 0 Å². The molecular weight excluding hydrogens is 362 g/mol. The highest BCUT2D eigenvalue weighted by atomic mass is 79.9. The summed E-state index contributed by atoms with van der Waals surface area (Å²) in [7, 11) is 0. The van der Waals surface area contributed by atoms with E-state index in [1.165, 1.54) is 0 Å². The van der Waals surface area contributed by atoms with Crippen molar-refractivity contribution < 1.29 is 19.2 Å². The fraction of sp³-hybridized carbons (Fsp3) is 0.294. The molecule has 0 spiro atoms. The molecule has 2 aromatic rings. The van der Waals surface area contributed by atoms with Crippen molar-refractivity contribution in [3.05, 3.63) is 52.7 Å². The Morgan fingerprint density at radius 1 is 1.43 bits per heavy atom. The first-order valence-electron chi connectivity index (χ1n) is 7.29. The van der Waals surface area contributed by atoms with Crippen LogP contribution in [0.4, 0.5) is 0 Å². The first-order chi connectivity index (χ1) is 11.0. The maximum absolute atomic E-state index is 11.8. The van der Waals surface area contributed by atoms with E-state index in [2.05, 4.69) is 27.7 Å². The van der Waals surface area contributed by atoms with E-state index in [0.29, 0.717) is 12.4 Å². The number of hydrogen-bond acceptors (Lipinski definition) is 5. The van der Waals surface area contributed by atoms with Gasteiger partial charge >= 0.3 is 5.97 Å². The summed E-state index contributed by atoms with van der Waals surface area (Å²) in [5, 5.41) is 14.0. The van der Waals surface area contributed by atoms with Crippen LogP contribution in [0.15, 0.2) is 51.5 Å². The lowest BCUT2D eigenvalue weighted by atomic mass is 10.1. The highest BCUT2D eigenvalue weighted by molar-refractivity contribution is 9.10. The van der Waals surface area contributed by atoms with Gasteiger partial charge in [0.05, 0.1) is 12.2 Å². The number of carbonyl (C=O) groups is 1. The van der Waals surface area contributed by atoms with Gasteiger partial charge in [0, 0.05) is 16.1 Å². The summed E-state index contributed by atoms with van der Waals surface area (Å²) < 4.78 is 11.2. The maximum Gasteiger partial charge on any atom is 0.336 e. The quantitative estimate of drug-likeness (QED) is 0.446. The number of esters is 1. The van der Waals surface area contributed by atoms with E-state index in [4.69, 9.17) is 9.26 Å². The van der Waals surface area contributed by atoms with Gasteiger partial charge in [0.1, 0.15) is 11.8 Å². The van der Waals surface area contributed by atoms with Crippen molar-refractivity contribution in [2.75, 3.05) is 6.61 Å². The molecule has 0 aliphatic rings. The third-order valence-corrected chi connectivity index (χ3v) is 3.79. The summed E-state index contributed by atoms with van der Waals surface area (Å²) in [6, 6.07) is 9.04. The van der Waals surface area contributed by atoms with E-state index in [9.17, 15) is 9.90 Å². The average molecular weight is 380 g/mol. The van der Waals surface area contributed by atoms with Crippen molar-refractivity contribution >= 4 is 21.9 Å². The van der Waals surface area contributed by atoms with Gasteiger partial charge in [0.15, 0.2) is 5.76 Å². The number of aliphatic hydroxyl groups is 1. The predicted molar refractivity (Wildman–Crippen MR) is 89.6 cm³/mol. The fourth-order valence-electron chi connectivity index (χ4n) is 1.86. The minimum atomic E-state index is -1.25. The van der Waals surface area contributed by atoms with Gasteiger partial charge in [-0.3, -0.25) is 0 Å². The lowest BCUT2D eigenvalue weighted by Crippen LogP contribution is -2.14. The molecule has 0 amide bonds. The standard InChI is InChI=1S/C17H18BrNO4/c1-3-4-9-22-17(21)11(2)16(20)14-10-15(23-19-14)12-5-7-13(18)8-6-12/h5-8,10,16,20H,2-4,9H2,1H3. The number of carbonyl (C=O) groups excluding carboxylic acids is 1. The molecule has 0 bridgehead atoms. The molecule has 1 N–H and O–H groups in total.